The summed E-state index contributed by atoms with van der Waals surface area (Å²) in [5.41, 5.74) is 1.35. The van der Waals surface area contributed by atoms with Crippen molar-refractivity contribution in [3.8, 4) is 0 Å². The smallest absolute Gasteiger partial charge is 0.267 e. The minimum absolute atomic E-state index is 0.140. The lowest BCUT2D eigenvalue weighted by atomic mass is 10.2. The molecular formula is C20H31N5O3S. The van der Waals surface area contributed by atoms with E-state index in [1.165, 1.54) is 18.4 Å². The van der Waals surface area contributed by atoms with Crippen LogP contribution in [0, 0.1) is 0 Å². The average molecular weight is 422 g/mol. The Bertz CT molecular complexity index is 975. The molecule has 0 radical (unpaired) electrons. The first-order valence-corrected chi connectivity index (χ1v) is 11.4. The highest BCUT2D eigenvalue weighted by molar-refractivity contribution is 7.89. The Balaban J connectivity index is 1.63. The van der Waals surface area contributed by atoms with Gasteiger partial charge in [0.1, 0.15) is 5.69 Å². The minimum atomic E-state index is -3.51. The van der Waals surface area contributed by atoms with Crippen LogP contribution in [-0.2, 0) is 17.1 Å². The molecule has 8 nitrogen and oxygen atoms in total. The molecule has 3 rings (SSSR count). The fraction of sp³-hybridized carbons (Fsp3) is 0.550. The summed E-state index contributed by atoms with van der Waals surface area (Å²) in [5.74, 6) is -0.140. The second-order valence-corrected chi connectivity index (χ2v) is 10.0. The molecule has 1 amide bonds. The summed E-state index contributed by atoms with van der Waals surface area (Å²) in [5, 5.41) is 3.72. The molecular weight excluding hydrogens is 390 g/mol. The van der Waals surface area contributed by atoms with E-state index >= 15 is 0 Å². The molecule has 1 aromatic heterocycles. The number of rotatable bonds is 7. The molecule has 160 valence electrons. The van der Waals surface area contributed by atoms with Crippen LogP contribution in [0.5, 0.6) is 0 Å². The molecule has 1 aliphatic heterocycles. The predicted molar refractivity (Wildman–Crippen MR) is 115 cm³/mol. The van der Waals surface area contributed by atoms with E-state index in [4.69, 9.17) is 0 Å². The van der Waals surface area contributed by atoms with Crippen molar-refractivity contribution in [1.82, 2.24) is 24.0 Å². The standard InChI is InChI=1S/C20H31N5O3S/c1-22(2)29(27,28)17-6-7-18-16(14-17)15-19(24(18)4)20(26)21-8-5-9-25-12-10-23(3)11-13-25/h6-7,14-15H,5,8-13H2,1-4H3,(H,21,26). The molecule has 29 heavy (non-hydrogen) atoms. The Morgan fingerprint density at radius 2 is 1.79 bits per heavy atom. The largest absolute Gasteiger partial charge is 0.351 e. The molecule has 1 saturated heterocycles. The molecule has 1 N–H and O–H groups in total. The normalized spacial score (nSPS) is 16.6. The number of nitrogens with one attached hydrogen (secondary N) is 1. The first-order chi connectivity index (χ1) is 13.7. The lowest BCUT2D eigenvalue weighted by Crippen LogP contribution is -2.45. The van der Waals surface area contributed by atoms with Crippen LogP contribution in [0.1, 0.15) is 16.9 Å². The average Bonchev–Trinajstić information content (AvgIpc) is 3.02. The van der Waals surface area contributed by atoms with E-state index in [1.807, 2.05) is 7.05 Å². The van der Waals surface area contributed by atoms with E-state index in [0.717, 1.165) is 50.0 Å². The van der Waals surface area contributed by atoms with Gasteiger partial charge in [-0.15, -0.1) is 0 Å². The highest BCUT2D eigenvalue weighted by Gasteiger charge is 2.20. The van der Waals surface area contributed by atoms with Gasteiger partial charge in [-0.3, -0.25) is 4.79 Å². The van der Waals surface area contributed by atoms with E-state index in [0.29, 0.717) is 12.2 Å². The fourth-order valence-electron chi connectivity index (χ4n) is 3.58. The first-order valence-electron chi connectivity index (χ1n) is 9.91. The SMILES string of the molecule is CN1CCN(CCCNC(=O)c2cc3cc(S(=O)(=O)N(C)C)ccc3n2C)CC1. The molecule has 0 spiro atoms. The number of hydrogen-bond donors (Lipinski definition) is 1. The van der Waals surface area contributed by atoms with Gasteiger partial charge in [0, 0.05) is 64.8 Å². The van der Waals surface area contributed by atoms with Crippen molar-refractivity contribution >= 4 is 26.8 Å². The molecule has 0 aliphatic carbocycles. The number of piperazine rings is 1. The van der Waals surface area contributed by atoms with Gasteiger partial charge in [0.15, 0.2) is 0 Å². The van der Waals surface area contributed by atoms with Crippen molar-refractivity contribution in [1.29, 1.82) is 0 Å². The Kier molecular flexibility index (Phi) is 6.62. The van der Waals surface area contributed by atoms with Crippen LogP contribution in [0.3, 0.4) is 0 Å². The van der Waals surface area contributed by atoms with Crippen LogP contribution < -0.4 is 5.32 Å². The lowest BCUT2D eigenvalue weighted by molar-refractivity contribution is 0.0941. The number of nitrogens with zero attached hydrogens (tertiary/aromatic N) is 4. The Morgan fingerprint density at radius 3 is 2.45 bits per heavy atom. The maximum absolute atomic E-state index is 12.6. The van der Waals surface area contributed by atoms with Gasteiger partial charge in [0.2, 0.25) is 10.0 Å². The number of amides is 1. The Morgan fingerprint density at radius 1 is 1.10 bits per heavy atom. The van der Waals surface area contributed by atoms with Crippen LogP contribution >= 0.6 is 0 Å². The Hall–Kier alpha value is -1.94. The first kappa shape index (κ1) is 21.8. The maximum atomic E-state index is 12.6. The molecule has 0 unspecified atom stereocenters. The number of fused-ring (bicyclic) bond motifs is 1. The fourth-order valence-corrected chi connectivity index (χ4v) is 4.52. The van der Waals surface area contributed by atoms with E-state index in [9.17, 15) is 13.2 Å². The van der Waals surface area contributed by atoms with Gasteiger partial charge in [-0.2, -0.15) is 0 Å². The van der Waals surface area contributed by atoms with Gasteiger partial charge in [-0.1, -0.05) is 0 Å². The second-order valence-electron chi connectivity index (χ2n) is 7.85. The minimum Gasteiger partial charge on any atom is -0.351 e. The second kappa shape index (κ2) is 8.83. The molecule has 0 bridgehead atoms. The molecule has 9 heteroatoms. The third-order valence-electron chi connectivity index (χ3n) is 5.56. The van der Waals surface area contributed by atoms with E-state index in [1.54, 1.807) is 28.8 Å². The molecule has 2 aromatic rings. The number of likely N-dealkylation sites (N-methyl/N-ethyl adjacent to an activating group) is 1. The zero-order chi connectivity index (χ0) is 21.2. The number of hydrogen-bond acceptors (Lipinski definition) is 5. The van der Waals surface area contributed by atoms with Gasteiger partial charge in [-0.05, 0) is 44.3 Å². The quantitative estimate of drug-likeness (QED) is 0.669. The van der Waals surface area contributed by atoms with Gasteiger partial charge in [0.25, 0.3) is 5.91 Å². The van der Waals surface area contributed by atoms with Crippen LogP contribution in [-0.4, -0.2) is 93.4 Å². The predicted octanol–water partition coefficient (Wildman–Crippen LogP) is 0.796. The summed E-state index contributed by atoms with van der Waals surface area (Å²) >= 11 is 0. The Labute approximate surface area is 173 Å². The molecule has 1 aromatic carbocycles. The molecule has 1 fully saturated rings. The monoisotopic (exact) mass is 421 g/mol. The van der Waals surface area contributed by atoms with E-state index < -0.39 is 10.0 Å². The molecule has 1 aliphatic rings. The zero-order valence-corrected chi connectivity index (χ0v) is 18.5. The molecule has 2 heterocycles. The van der Waals surface area contributed by atoms with Crippen molar-refractivity contribution in [2.75, 3.05) is 60.4 Å². The van der Waals surface area contributed by atoms with Gasteiger partial charge >= 0.3 is 0 Å². The van der Waals surface area contributed by atoms with Crippen molar-refractivity contribution in [3.63, 3.8) is 0 Å². The number of carbonyl (C=O) groups is 1. The summed E-state index contributed by atoms with van der Waals surface area (Å²) in [7, 11) is 3.46. The van der Waals surface area contributed by atoms with Crippen molar-refractivity contribution < 1.29 is 13.2 Å². The van der Waals surface area contributed by atoms with Gasteiger partial charge in [-0.25, -0.2) is 12.7 Å². The topological polar surface area (TPSA) is 77.9 Å². The van der Waals surface area contributed by atoms with Crippen molar-refractivity contribution in [2.24, 2.45) is 7.05 Å². The molecule has 0 saturated carbocycles. The number of carbonyl (C=O) groups excluding carboxylic acids is 1. The van der Waals surface area contributed by atoms with Gasteiger partial charge < -0.3 is 19.7 Å². The molecule has 0 atom stereocenters. The third kappa shape index (κ3) is 4.80. The zero-order valence-electron chi connectivity index (χ0n) is 17.7. The number of sulfonamides is 1. The van der Waals surface area contributed by atoms with Crippen LogP contribution in [0.4, 0.5) is 0 Å². The number of aryl methyl sites for hydroxylation is 1. The summed E-state index contributed by atoms with van der Waals surface area (Å²) in [6, 6.07) is 6.69. The summed E-state index contributed by atoms with van der Waals surface area (Å²) < 4.78 is 27.7. The lowest BCUT2D eigenvalue weighted by Gasteiger charge is -2.32. The maximum Gasteiger partial charge on any atom is 0.267 e. The van der Waals surface area contributed by atoms with Crippen molar-refractivity contribution in [2.45, 2.75) is 11.3 Å². The van der Waals surface area contributed by atoms with Crippen LogP contribution in [0.15, 0.2) is 29.2 Å². The highest BCUT2D eigenvalue weighted by atomic mass is 32.2. The number of benzene rings is 1. The summed E-state index contributed by atoms with van der Waals surface area (Å²) in [4.78, 5) is 17.6. The van der Waals surface area contributed by atoms with Crippen LogP contribution in [0.25, 0.3) is 10.9 Å². The number of aromatic nitrogens is 1. The highest BCUT2D eigenvalue weighted by Crippen LogP contribution is 2.23. The van der Waals surface area contributed by atoms with Crippen LogP contribution in [0.2, 0.25) is 0 Å². The summed E-state index contributed by atoms with van der Waals surface area (Å²) in [6.07, 6.45) is 0.907. The van der Waals surface area contributed by atoms with Gasteiger partial charge in [0.05, 0.1) is 4.90 Å². The van der Waals surface area contributed by atoms with Crippen molar-refractivity contribution in [3.05, 3.63) is 30.0 Å². The van der Waals surface area contributed by atoms with E-state index in [2.05, 4.69) is 22.2 Å². The summed E-state index contributed by atoms with van der Waals surface area (Å²) in [6.45, 7) is 5.93. The third-order valence-corrected chi connectivity index (χ3v) is 7.37. The van der Waals surface area contributed by atoms with E-state index in [-0.39, 0.29) is 10.8 Å².